The van der Waals surface area contributed by atoms with Crippen molar-refractivity contribution in [2.45, 2.75) is 11.6 Å². The summed E-state index contributed by atoms with van der Waals surface area (Å²) < 4.78 is 13.4. The van der Waals surface area contributed by atoms with Crippen LogP contribution in [-0.2, 0) is 21.4 Å². The summed E-state index contributed by atoms with van der Waals surface area (Å²) in [5.74, 6) is 0. The van der Waals surface area contributed by atoms with Gasteiger partial charge in [0, 0.05) is 0 Å². The molecule has 0 rings (SSSR count). The van der Waals surface area contributed by atoms with Crippen LogP contribution in [0.3, 0.4) is 0 Å². The molecule has 0 N–H and O–H groups in total. The van der Waals surface area contributed by atoms with E-state index in [1.165, 1.54) is 0 Å². The SMILES string of the molecule is C[CH2][Ti](=[O])[N](C)C. The van der Waals surface area contributed by atoms with Crippen molar-refractivity contribution in [1.82, 2.24) is 3.38 Å². The summed E-state index contributed by atoms with van der Waals surface area (Å²) in [6, 6.07) is 0. The third kappa shape index (κ3) is 3.09. The predicted molar refractivity (Wildman–Crippen MR) is 24.9 cm³/mol. The quantitative estimate of drug-likeness (QED) is 0.526. The van der Waals surface area contributed by atoms with Gasteiger partial charge in [0.05, 0.1) is 0 Å². The third-order valence-electron chi connectivity index (χ3n) is 0.801. The molecule has 0 unspecified atom stereocenters. The second-order valence-corrected chi connectivity index (χ2v) is 5.37. The Morgan fingerprint density at radius 2 is 2.00 bits per heavy atom. The van der Waals surface area contributed by atoms with E-state index in [1.807, 2.05) is 24.4 Å². The second-order valence-electron chi connectivity index (χ2n) is 1.64. The molecule has 0 radical (unpaired) electrons. The van der Waals surface area contributed by atoms with Crippen LogP contribution in [-0.4, -0.2) is 17.5 Å². The first kappa shape index (κ1) is 7.47. The van der Waals surface area contributed by atoms with Gasteiger partial charge in [0.1, 0.15) is 0 Å². The van der Waals surface area contributed by atoms with Gasteiger partial charge in [-0.2, -0.15) is 0 Å². The molecular formula is C4H11NOTi. The van der Waals surface area contributed by atoms with Crippen molar-refractivity contribution >= 4 is 0 Å². The van der Waals surface area contributed by atoms with E-state index in [-0.39, 0.29) is 0 Å². The summed E-state index contributed by atoms with van der Waals surface area (Å²) in [5.41, 5.74) is 0. The minimum atomic E-state index is -1.90. The topological polar surface area (TPSA) is 20.3 Å². The van der Waals surface area contributed by atoms with Crippen molar-refractivity contribution in [3.05, 3.63) is 0 Å². The molecule has 42 valence electrons. The monoisotopic (exact) mass is 137 g/mol. The molecule has 0 saturated heterocycles. The average Bonchev–Trinajstić information content (AvgIpc) is 1.65. The predicted octanol–water partition coefficient (Wildman–Crippen LogP) is 0.865. The van der Waals surface area contributed by atoms with Crippen LogP contribution in [0.15, 0.2) is 0 Å². The van der Waals surface area contributed by atoms with Crippen molar-refractivity contribution in [3.8, 4) is 0 Å². The van der Waals surface area contributed by atoms with Crippen LogP contribution < -0.4 is 0 Å². The van der Waals surface area contributed by atoms with Gasteiger partial charge in [-0.05, 0) is 0 Å². The van der Waals surface area contributed by atoms with E-state index in [2.05, 4.69) is 0 Å². The average molecular weight is 137 g/mol. The van der Waals surface area contributed by atoms with Crippen molar-refractivity contribution in [2.75, 3.05) is 14.1 Å². The Labute approximate surface area is 51.0 Å². The molecule has 0 aliphatic heterocycles. The van der Waals surface area contributed by atoms with Crippen molar-refractivity contribution in [3.63, 3.8) is 0 Å². The van der Waals surface area contributed by atoms with Crippen LogP contribution in [0.25, 0.3) is 0 Å². The second kappa shape index (κ2) is 3.47. The van der Waals surface area contributed by atoms with E-state index in [9.17, 15) is 3.32 Å². The van der Waals surface area contributed by atoms with Crippen LogP contribution >= 0.6 is 0 Å². The van der Waals surface area contributed by atoms with E-state index in [4.69, 9.17) is 0 Å². The Morgan fingerprint density at radius 3 is 2.00 bits per heavy atom. The summed E-state index contributed by atoms with van der Waals surface area (Å²) in [6.45, 7) is 1.96. The van der Waals surface area contributed by atoms with Gasteiger partial charge in [-0.25, -0.2) is 0 Å². The van der Waals surface area contributed by atoms with Crippen molar-refractivity contribution in [1.29, 1.82) is 0 Å². The van der Waals surface area contributed by atoms with Crippen LogP contribution in [0, 0.1) is 0 Å². The number of hydrogen-bond donors (Lipinski definition) is 0. The fourth-order valence-electron chi connectivity index (χ4n) is 0.316. The molecule has 0 aromatic carbocycles. The molecule has 0 amide bonds. The molecule has 0 aliphatic rings. The molecular weight excluding hydrogens is 126 g/mol. The van der Waals surface area contributed by atoms with Gasteiger partial charge < -0.3 is 0 Å². The fraction of sp³-hybridized carbons (Fsp3) is 1.00. The Hall–Kier alpha value is 0.474. The zero-order valence-corrected chi connectivity index (χ0v) is 6.62. The summed E-state index contributed by atoms with van der Waals surface area (Å²) in [4.78, 5) is 0. The number of nitrogens with zero attached hydrogens (tertiary/aromatic N) is 1. The van der Waals surface area contributed by atoms with Crippen molar-refractivity contribution in [2.24, 2.45) is 0 Å². The maximum absolute atomic E-state index is 10.7. The van der Waals surface area contributed by atoms with Gasteiger partial charge >= 0.3 is 50.5 Å². The van der Waals surface area contributed by atoms with E-state index in [0.717, 1.165) is 4.73 Å². The molecule has 0 aromatic rings. The maximum atomic E-state index is 10.7. The summed E-state index contributed by atoms with van der Waals surface area (Å²) in [7, 11) is 3.73. The molecule has 0 spiro atoms. The zero-order valence-electron chi connectivity index (χ0n) is 5.06. The molecule has 0 atom stereocenters. The van der Waals surface area contributed by atoms with Gasteiger partial charge in [-0.3, -0.25) is 0 Å². The van der Waals surface area contributed by atoms with Crippen molar-refractivity contribution < 1.29 is 21.4 Å². The molecule has 0 bridgehead atoms. The van der Waals surface area contributed by atoms with Gasteiger partial charge in [-0.15, -0.1) is 0 Å². The molecule has 0 fully saturated rings. The van der Waals surface area contributed by atoms with Crippen LogP contribution in [0.1, 0.15) is 6.92 Å². The van der Waals surface area contributed by atoms with E-state index in [1.54, 1.807) is 0 Å². The summed E-state index contributed by atoms with van der Waals surface area (Å²) in [6.07, 6.45) is 0. The molecule has 0 aliphatic carbocycles. The van der Waals surface area contributed by atoms with Crippen LogP contribution in [0.5, 0.6) is 0 Å². The van der Waals surface area contributed by atoms with Gasteiger partial charge in [0.25, 0.3) is 0 Å². The zero-order chi connectivity index (χ0) is 5.86. The Bertz CT molecular complexity index is 72.1. The standard InChI is InChI=1S/C2H6N.C2H5.O.Ti/c1-3-2;1-2;;/h1-2H3;1H2,2H3;;/q-1;;;+1. The molecule has 0 heterocycles. The van der Waals surface area contributed by atoms with Gasteiger partial charge in [0.2, 0.25) is 0 Å². The molecule has 3 heteroatoms. The fourth-order valence-corrected chi connectivity index (χ4v) is 1.30. The summed E-state index contributed by atoms with van der Waals surface area (Å²) in [5, 5.41) is 0. The molecule has 7 heavy (non-hydrogen) atoms. The van der Waals surface area contributed by atoms with E-state index in [0.29, 0.717) is 0 Å². The molecule has 0 aromatic heterocycles. The minimum absolute atomic E-state index is 0.854. The van der Waals surface area contributed by atoms with Crippen LogP contribution in [0.2, 0.25) is 4.73 Å². The normalized spacial score (nSPS) is 9.71. The number of rotatable bonds is 2. The Balaban J connectivity index is 3.35. The van der Waals surface area contributed by atoms with E-state index < -0.39 is 18.1 Å². The molecule has 0 saturated carbocycles. The first-order valence-electron chi connectivity index (χ1n) is 2.38. The van der Waals surface area contributed by atoms with E-state index >= 15 is 0 Å². The first-order valence-corrected chi connectivity index (χ1v) is 4.82. The first-order chi connectivity index (χ1) is 3.18. The number of hydrogen-bond acceptors (Lipinski definition) is 1. The van der Waals surface area contributed by atoms with Gasteiger partial charge in [0.15, 0.2) is 0 Å². The summed E-state index contributed by atoms with van der Waals surface area (Å²) >= 11 is -1.90. The third-order valence-corrected chi connectivity index (χ3v) is 3.30. The van der Waals surface area contributed by atoms with Crippen LogP contribution in [0.4, 0.5) is 0 Å². The van der Waals surface area contributed by atoms with Gasteiger partial charge in [-0.1, -0.05) is 0 Å². The Morgan fingerprint density at radius 1 is 1.57 bits per heavy atom. The molecule has 2 nitrogen and oxygen atoms in total. The Kier molecular flexibility index (Phi) is 3.71.